The lowest BCUT2D eigenvalue weighted by Crippen LogP contribution is -2.14. The molecule has 0 aliphatic rings. The summed E-state index contributed by atoms with van der Waals surface area (Å²) in [7, 11) is 0. The number of rotatable bonds is 4. The van der Waals surface area contributed by atoms with Gasteiger partial charge in [0.1, 0.15) is 5.01 Å². The second-order valence-electron chi connectivity index (χ2n) is 4.64. The highest BCUT2D eigenvalue weighted by Gasteiger charge is 2.08. The molecule has 1 N–H and O–H groups in total. The average Bonchev–Trinajstić information content (AvgIpc) is 3.02. The Kier molecular flexibility index (Phi) is 4.03. The maximum Gasteiger partial charge on any atom is 0.227 e. The van der Waals surface area contributed by atoms with Crippen LogP contribution in [0.25, 0.3) is 10.9 Å². The van der Waals surface area contributed by atoms with Crippen molar-refractivity contribution in [3.8, 4) is 0 Å². The monoisotopic (exact) mass is 364 g/mol. The van der Waals surface area contributed by atoms with E-state index in [0.29, 0.717) is 18.1 Å². The molecule has 3 aromatic rings. The lowest BCUT2D eigenvalue weighted by Gasteiger charge is -2.05. The summed E-state index contributed by atoms with van der Waals surface area (Å²) in [6, 6.07) is 8.16. The van der Waals surface area contributed by atoms with Crippen LogP contribution in [0.15, 0.2) is 34.9 Å². The summed E-state index contributed by atoms with van der Waals surface area (Å²) < 4.78 is 3.13. The maximum atomic E-state index is 11.9. The van der Waals surface area contributed by atoms with Crippen LogP contribution in [-0.4, -0.2) is 20.7 Å². The van der Waals surface area contributed by atoms with Crippen LogP contribution in [0.5, 0.6) is 0 Å². The molecule has 0 unspecified atom stereocenters. The number of carbonyl (C=O) groups is 1. The third-order valence-electron chi connectivity index (χ3n) is 3.09. The number of fused-ring (bicyclic) bond motifs is 1. The highest BCUT2D eigenvalue weighted by molar-refractivity contribution is 9.10. The van der Waals surface area contributed by atoms with Gasteiger partial charge in [-0.05, 0) is 31.2 Å². The summed E-state index contributed by atoms with van der Waals surface area (Å²) >= 11 is 4.84. The van der Waals surface area contributed by atoms with E-state index in [2.05, 4.69) is 42.1 Å². The number of aryl methyl sites for hydroxylation is 2. The molecule has 108 valence electrons. The van der Waals surface area contributed by atoms with Crippen molar-refractivity contribution in [2.75, 3.05) is 5.32 Å². The number of nitrogens with zero attached hydrogens (tertiary/aromatic N) is 3. The zero-order valence-electron chi connectivity index (χ0n) is 11.3. The molecule has 0 saturated carbocycles. The van der Waals surface area contributed by atoms with Crippen molar-refractivity contribution in [1.82, 2.24) is 14.8 Å². The maximum absolute atomic E-state index is 11.9. The lowest BCUT2D eigenvalue weighted by molar-refractivity contribution is -0.116. The third kappa shape index (κ3) is 3.30. The number of hydrogen-bond donors (Lipinski definition) is 1. The third-order valence-corrected chi connectivity index (χ3v) is 4.33. The number of amides is 1. The lowest BCUT2D eigenvalue weighted by atomic mass is 10.2. The Balaban J connectivity index is 1.64. The van der Waals surface area contributed by atoms with E-state index in [1.165, 1.54) is 11.3 Å². The van der Waals surface area contributed by atoms with Gasteiger partial charge >= 0.3 is 0 Å². The first-order valence-corrected chi connectivity index (χ1v) is 8.07. The SMILES string of the molecule is Cc1nnc(NC(=O)CCn2ccc3cc(Br)ccc32)s1. The Morgan fingerprint density at radius 1 is 1.38 bits per heavy atom. The van der Waals surface area contributed by atoms with Crippen molar-refractivity contribution in [3.05, 3.63) is 39.9 Å². The number of carbonyl (C=O) groups excluding carboxylic acids is 1. The van der Waals surface area contributed by atoms with E-state index in [0.717, 1.165) is 20.4 Å². The minimum Gasteiger partial charge on any atom is -0.347 e. The van der Waals surface area contributed by atoms with Crippen molar-refractivity contribution in [2.24, 2.45) is 0 Å². The first-order chi connectivity index (χ1) is 10.1. The van der Waals surface area contributed by atoms with Crippen LogP contribution < -0.4 is 5.32 Å². The van der Waals surface area contributed by atoms with Gasteiger partial charge in [-0.2, -0.15) is 0 Å². The molecule has 0 bridgehead atoms. The predicted molar refractivity (Wildman–Crippen MR) is 87.5 cm³/mol. The number of nitrogens with one attached hydrogen (secondary N) is 1. The molecular formula is C14H13BrN4OS. The van der Waals surface area contributed by atoms with Gasteiger partial charge in [-0.25, -0.2) is 0 Å². The molecule has 1 aromatic carbocycles. The van der Waals surface area contributed by atoms with Gasteiger partial charge in [0.2, 0.25) is 11.0 Å². The van der Waals surface area contributed by atoms with Crippen molar-refractivity contribution < 1.29 is 4.79 Å². The van der Waals surface area contributed by atoms with E-state index in [9.17, 15) is 4.79 Å². The molecular weight excluding hydrogens is 352 g/mol. The van der Waals surface area contributed by atoms with Crippen LogP contribution in [0, 0.1) is 6.92 Å². The van der Waals surface area contributed by atoms with E-state index in [1.807, 2.05) is 31.3 Å². The van der Waals surface area contributed by atoms with Crippen molar-refractivity contribution >= 4 is 49.2 Å². The minimum atomic E-state index is -0.0508. The Bertz CT molecular complexity index is 795. The van der Waals surface area contributed by atoms with Crippen molar-refractivity contribution in [1.29, 1.82) is 0 Å². The van der Waals surface area contributed by atoms with Gasteiger partial charge in [0, 0.05) is 34.5 Å². The van der Waals surface area contributed by atoms with Gasteiger partial charge in [0.05, 0.1) is 0 Å². The average molecular weight is 365 g/mol. The van der Waals surface area contributed by atoms with Crippen LogP contribution in [-0.2, 0) is 11.3 Å². The first kappa shape index (κ1) is 14.2. The fourth-order valence-corrected chi connectivity index (χ4v) is 3.10. The molecule has 3 rings (SSSR count). The van der Waals surface area contributed by atoms with Crippen molar-refractivity contribution in [3.63, 3.8) is 0 Å². The van der Waals surface area contributed by atoms with E-state index in [-0.39, 0.29) is 5.91 Å². The summed E-state index contributed by atoms with van der Waals surface area (Å²) in [5.74, 6) is -0.0508. The molecule has 1 amide bonds. The summed E-state index contributed by atoms with van der Waals surface area (Å²) in [5, 5.41) is 13.1. The molecule has 0 saturated heterocycles. The normalized spacial score (nSPS) is 11.0. The van der Waals surface area contributed by atoms with E-state index in [4.69, 9.17) is 0 Å². The second-order valence-corrected chi connectivity index (χ2v) is 6.73. The molecule has 5 nitrogen and oxygen atoms in total. The summed E-state index contributed by atoms with van der Waals surface area (Å²) in [6.45, 7) is 2.49. The van der Waals surface area contributed by atoms with E-state index >= 15 is 0 Å². The van der Waals surface area contributed by atoms with Gasteiger partial charge in [-0.15, -0.1) is 10.2 Å². The van der Waals surface area contributed by atoms with Crippen LogP contribution in [0.1, 0.15) is 11.4 Å². The first-order valence-electron chi connectivity index (χ1n) is 6.46. The van der Waals surface area contributed by atoms with Gasteiger partial charge in [-0.1, -0.05) is 27.3 Å². The molecule has 21 heavy (non-hydrogen) atoms. The second kappa shape index (κ2) is 5.95. The minimum absolute atomic E-state index is 0.0508. The molecule has 2 heterocycles. The number of hydrogen-bond acceptors (Lipinski definition) is 4. The van der Waals surface area contributed by atoms with Crippen LogP contribution >= 0.6 is 27.3 Å². The molecule has 0 fully saturated rings. The van der Waals surface area contributed by atoms with Crippen LogP contribution in [0.2, 0.25) is 0 Å². The Labute approximate surface area is 134 Å². The molecule has 2 aromatic heterocycles. The number of aromatic nitrogens is 3. The van der Waals surface area contributed by atoms with Gasteiger partial charge in [-0.3, -0.25) is 4.79 Å². The quantitative estimate of drug-likeness (QED) is 0.769. The number of benzene rings is 1. The highest BCUT2D eigenvalue weighted by atomic mass is 79.9. The smallest absolute Gasteiger partial charge is 0.227 e. The molecule has 7 heteroatoms. The largest absolute Gasteiger partial charge is 0.347 e. The molecule has 0 atom stereocenters. The molecule has 0 aliphatic heterocycles. The molecule has 0 spiro atoms. The fraction of sp³-hybridized carbons (Fsp3) is 0.214. The predicted octanol–water partition coefficient (Wildman–Crippen LogP) is 3.59. The van der Waals surface area contributed by atoms with Crippen molar-refractivity contribution in [2.45, 2.75) is 19.9 Å². The fourth-order valence-electron chi connectivity index (χ4n) is 2.12. The summed E-state index contributed by atoms with van der Waals surface area (Å²) in [4.78, 5) is 11.9. The van der Waals surface area contributed by atoms with Gasteiger partial charge in [0.15, 0.2) is 0 Å². The topological polar surface area (TPSA) is 59.8 Å². The zero-order chi connectivity index (χ0) is 14.8. The molecule has 0 aliphatic carbocycles. The zero-order valence-corrected chi connectivity index (χ0v) is 13.7. The Morgan fingerprint density at radius 3 is 3.00 bits per heavy atom. The van der Waals surface area contributed by atoms with E-state index < -0.39 is 0 Å². The summed E-state index contributed by atoms with van der Waals surface area (Å²) in [5.41, 5.74) is 1.12. The van der Waals surface area contributed by atoms with Crippen LogP contribution in [0.4, 0.5) is 5.13 Å². The number of anilines is 1. The standard InChI is InChI=1S/C14H13BrN4OS/c1-9-17-18-14(21-9)16-13(20)5-7-19-6-4-10-8-11(15)2-3-12(10)19/h2-4,6,8H,5,7H2,1H3,(H,16,18,20). The Morgan fingerprint density at radius 2 is 2.24 bits per heavy atom. The summed E-state index contributed by atoms with van der Waals surface area (Å²) in [6.07, 6.45) is 2.40. The Hall–Kier alpha value is -1.73. The van der Waals surface area contributed by atoms with E-state index in [1.54, 1.807) is 0 Å². The van der Waals surface area contributed by atoms with Crippen LogP contribution in [0.3, 0.4) is 0 Å². The molecule has 0 radical (unpaired) electrons. The van der Waals surface area contributed by atoms with Gasteiger partial charge in [0.25, 0.3) is 0 Å². The van der Waals surface area contributed by atoms with Gasteiger partial charge < -0.3 is 9.88 Å². The number of halogens is 1. The highest BCUT2D eigenvalue weighted by Crippen LogP contribution is 2.21.